The summed E-state index contributed by atoms with van der Waals surface area (Å²) < 4.78 is 20.3. The van der Waals surface area contributed by atoms with Crippen molar-refractivity contribution in [2.75, 3.05) is 27.9 Å². The van der Waals surface area contributed by atoms with Gasteiger partial charge in [-0.05, 0) is 6.92 Å². The monoisotopic (exact) mass is 178 g/mol. The van der Waals surface area contributed by atoms with E-state index in [0.29, 0.717) is 13.0 Å². The second-order valence-corrected chi connectivity index (χ2v) is 2.26. The Labute approximate surface area is 73.7 Å². The number of methoxy groups -OCH3 is 3. The molecule has 4 nitrogen and oxygen atoms in total. The third-order valence-corrected chi connectivity index (χ3v) is 1.53. The SMILES string of the molecule is CCOC(CC(OC)OC)OC. The molecule has 0 aliphatic rings. The summed E-state index contributed by atoms with van der Waals surface area (Å²) in [6.07, 6.45) is 0.0681. The van der Waals surface area contributed by atoms with E-state index >= 15 is 0 Å². The lowest BCUT2D eigenvalue weighted by molar-refractivity contribution is -0.186. The second kappa shape index (κ2) is 7.49. The number of rotatable bonds is 7. The zero-order valence-electron chi connectivity index (χ0n) is 8.20. The Balaban J connectivity index is 3.65. The van der Waals surface area contributed by atoms with Crippen LogP contribution in [-0.2, 0) is 18.9 Å². The first-order valence-corrected chi connectivity index (χ1v) is 3.98. The Kier molecular flexibility index (Phi) is 7.39. The molecule has 0 saturated heterocycles. The van der Waals surface area contributed by atoms with Crippen molar-refractivity contribution in [3.05, 3.63) is 0 Å². The molecule has 4 heteroatoms. The van der Waals surface area contributed by atoms with Crippen LogP contribution in [0.2, 0.25) is 0 Å². The Morgan fingerprint density at radius 2 is 1.42 bits per heavy atom. The fourth-order valence-electron chi connectivity index (χ4n) is 0.864. The molecule has 12 heavy (non-hydrogen) atoms. The third kappa shape index (κ3) is 4.66. The van der Waals surface area contributed by atoms with Crippen LogP contribution in [0.5, 0.6) is 0 Å². The smallest absolute Gasteiger partial charge is 0.162 e. The van der Waals surface area contributed by atoms with Crippen molar-refractivity contribution < 1.29 is 18.9 Å². The molecule has 0 rings (SSSR count). The van der Waals surface area contributed by atoms with E-state index in [1.807, 2.05) is 6.92 Å². The largest absolute Gasteiger partial charge is 0.356 e. The van der Waals surface area contributed by atoms with Crippen LogP contribution in [-0.4, -0.2) is 40.5 Å². The van der Waals surface area contributed by atoms with E-state index in [9.17, 15) is 0 Å². The first-order chi connectivity index (χ1) is 5.78. The highest BCUT2D eigenvalue weighted by Crippen LogP contribution is 2.06. The standard InChI is InChI=1S/C8H18O4/c1-5-12-8(11-4)6-7(9-2)10-3/h7-8H,5-6H2,1-4H3. The van der Waals surface area contributed by atoms with Crippen molar-refractivity contribution in [1.29, 1.82) is 0 Å². The summed E-state index contributed by atoms with van der Waals surface area (Å²) in [4.78, 5) is 0. The van der Waals surface area contributed by atoms with Crippen molar-refractivity contribution in [3.63, 3.8) is 0 Å². The maximum atomic E-state index is 5.24. The fraction of sp³-hybridized carbons (Fsp3) is 1.00. The van der Waals surface area contributed by atoms with E-state index in [0.717, 1.165) is 0 Å². The van der Waals surface area contributed by atoms with Gasteiger partial charge in [-0.1, -0.05) is 0 Å². The van der Waals surface area contributed by atoms with Crippen molar-refractivity contribution >= 4 is 0 Å². The lowest BCUT2D eigenvalue weighted by Gasteiger charge is -2.20. The molecule has 0 aromatic carbocycles. The molecule has 0 fully saturated rings. The van der Waals surface area contributed by atoms with Gasteiger partial charge in [0.2, 0.25) is 0 Å². The van der Waals surface area contributed by atoms with Crippen LogP contribution in [0.4, 0.5) is 0 Å². The van der Waals surface area contributed by atoms with Crippen LogP contribution in [0.1, 0.15) is 13.3 Å². The molecular weight excluding hydrogens is 160 g/mol. The highest BCUT2D eigenvalue weighted by atomic mass is 16.7. The summed E-state index contributed by atoms with van der Waals surface area (Å²) in [6.45, 7) is 2.54. The maximum absolute atomic E-state index is 5.24. The van der Waals surface area contributed by atoms with E-state index in [1.165, 1.54) is 0 Å². The zero-order valence-corrected chi connectivity index (χ0v) is 8.20. The summed E-state index contributed by atoms with van der Waals surface area (Å²) in [5.74, 6) is 0. The molecule has 0 N–H and O–H groups in total. The van der Waals surface area contributed by atoms with Gasteiger partial charge in [0.25, 0.3) is 0 Å². The molecule has 0 heterocycles. The van der Waals surface area contributed by atoms with Crippen molar-refractivity contribution in [2.45, 2.75) is 25.9 Å². The molecule has 0 aliphatic heterocycles. The predicted molar refractivity (Wildman–Crippen MR) is 44.8 cm³/mol. The molecule has 74 valence electrons. The highest BCUT2D eigenvalue weighted by molar-refractivity contribution is 4.48. The fourth-order valence-corrected chi connectivity index (χ4v) is 0.864. The van der Waals surface area contributed by atoms with Crippen LogP contribution in [0.3, 0.4) is 0 Å². The van der Waals surface area contributed by atoms with Gasteiger partial charge in [-0.25, -0.2) is 0 Å². The summed E-state index contributed by atoms with van der Waals surface area (Å²) >= 11 is 0. The zero-order chi connectivity index (χ0) is 9.40. The van der Waals surface area contributed by atoms with Crippen molar-refractivity contribution in [2.24, 2.45) is 0 Å². The average Bonchev–Trinajstić information content (AvgIpc) is 2.12. The van der Waals surface area contributed by atoms with Gasteiger partial charge in [0.1, 0.15) is 0 Å². The minimum atomic E-state index is -0.263. The van der Waals surface area contributed by atoms with Gasteiger partial charge in [-0.2, -0.15) is 0 Å². The van der Waals surface area contributed by atoms with Crippen LogP contribution in [0.25, 0.3) is 0 Å². The molecule has 0 aromatic heterocycles. The molecule has 0 radical (unpaired) electrons. The van der Waals surface area contributed by atoms with Crippen LogP contribution in [0.15, 0.2) is 0 Å². The molecule has 0 bridgehead atoms. The Hall–Kier alpha value is -0.160. The van der Waals surface area contributed by atoms with Gasteiger partial charge < -0.3 is 18.9 Å². The molecule has 1 atom stereocenters. The minimum Gasteiger partial charge on any atom is -0.356 e. The quantitative estimate of drug-likeness (QED) is 0.545. The van der Waals surface area contributed by atoms with E-state index in [-0.39, 0.29) is 12.6 Å². The number of hydrogen-bond acceptors (Lipinski definition) is 4. The minimum absolute atomic E-state index is 0.250. The van der Waals surface area contributed by atoms with Gasteiger partial charge in [0, 0.05) is 34.4 Å². The summed E-state index contributed by atoms with van der Waals surface area (Å²) in [5, 5.41) is 0. The first kappa shape index (κ1) is 11.8. The lowest BCUT2D eigenvalue weighted by atomic mass is 10.4. The molecule has 0 spiro atoms. The lowest BCUT2D eigenvalue weighted by Crippen LogP contribution is -2.25. The maximum Gasteiger partial charge on any atom is 0.162 e. The molecule has 0 aromatic rings. The predicted octanol–water partition coefficient (Wildman–Crippen LogP) is 1.00. The first-order valence-electron chi connectivity index (χ1n) is 3.98. The molecule has 0 aliphatic carbocycles. The summed E-state index contributed by atoms with van der Waals surface area (Å²) in [7, 11) is 4.78. The Morgan fingerprint density at radius 1 is 0.917 bits per heavy atom. The summed E-state index contributed by atoms with van der Waals surface area (Å²) in [6, 6.07) is 0. The molecular formula is C8H18O4. The van der Waals surface area contributed by atoms with Crippen molar-refractivity contribution in [1.82, 2.24) is 0 Å². The van der Waals surface area contributed by atoms with Crippen molar-refractivity contribution in [3.8, 4) is 0 Å². The van der Waals surface area contributed by atoms with Gasteiger partial charge in [-0.15, -0.1) is 0 Å². The van der Waals surface area contributed by atoms with E-state index in [2.05, 4.69) is 0 Å². The topological polar surface area (TPSA) is 36.9 Å². The third-order valence-electron chi connectivity index (χ3n) is 1.53. The number of ether oxygens (including phenoxy) is 4. The van der Waals surface area contributed by atoms with E-state index in [1.54, 1.807) is 21.3 Å². The summed E-state index contributed by atoms with van der Waals surface area (Å²) in [5.41, 5.74) is 0. The van der Waals surface area contributed by atoms with Crippen LogP contribution < -0.4 is 0 Å². The Bertz CT molecular complexity index is 93.1. The van der Waals surface area contributed by atoms with Crippen LogP contribution >= 0.6 is 0 Å². The molecule has 0 amide bonds. The van der Waals surface area contributed by atoms with Gasteiger partial charge in [0.15, 0.2) is 12.6 Å². The average molecular weight is 178 g/mol. The highest BCUT2D eigenvalue weighted by Gasteiger charge is 2.14. The van der Waals surface area contributed by atoms with Gasteiger partial charge in [0.05, 0.1) is 0 Å². The van der Waals surface area contributed by atoms with Gasteiger partial charge >= 0.3 is 0 Å². The second-order valence-electron chi connectivity index (χ2n) is 2.26. The Morgan fingerprint density at radius 3 is 1.75 bits per heavy atom. The van der Waals surface area contributed by atoms with Crippen LogP contribution in [0, 0.1) is 0 Å². The van der Waals surface area contributed by atoms with E-state index in [4.69, 9.17) is 18.9 Å². The molecule has 1 unspecified atom stereocenters. The van der Waals surface area contributed by atoms with E-state index < -0.39 is 0 Å². The normalized spacial score (nSPS) is 13.8. The number of hydrogen-bond donors (Lipinski definition) is 0. The molecule has 0 saturated carbocycles. The van der Waals surface area contributed by atoms with Gasteiger partial charge in [-0.3, -0.25) is 0 Å².